The van der Waals surface area contributed by atoms with Crippen molar-refractivity contribution in [1.82, 2.24) is 0 Å². The van der Waals surface area contributed by atoms with Crippen molar-refractivity contribution < 1.29 is 36.7 Å². The van der Waals surface area contributed by atoms with Crippen LogP contribution in [0.5, 0.6) is 0 Å². The summed E-state index contributed by atoms with van der Waals surface area (Å²) >= 11 is 0. The van der Waals surface area contributed by atoms with E-state index in [1.165, 1.54) is 0 Å². The van der Waals surface area contributed by atoms with E-state index in [-0.39, 0.29) is 18.9 Å². The van der Waals surface area contributed by atoms with Crippen molar-refractivity contribution in [3.63, 3.8) is 0 Å². The molecule has 0 fully saturated rings. The molecule has 0 saturated heterocycles. The Kier molecular flexibility index (Phi) is 10.2. The van der Waals surface area contributed by atoms with Crippen molar-refractivity contribution in [2.45, 2.75) is 0 Å². The number of rotatable bonds is 10. The van der Waals surface area contributed by atoms with E-state index in [0.29, 0.717) is 0 Å². The van der Waals surface area contributed by atoms with E-state index < -0.39 is 24.5 Å². The summed E-state index contributed by atoms with van der Waals surface area (Å²) in [5.74, 6) is 0. The van der Waals surface area contributed by atoms with Crippen LogP contribution in [0.25, 0.3) is 0 Å². The summed E-state index contributed by atoms with van der Waals surface area (Å²) in [4.78, 5) is 14.8. The maximum Gasteiger partial charge on any atom is 1.00 e. The molecular weight excluding hydrogens is 590 g/mol. The molecule has 0 saturated carbocycles. The predicted octanol–water partition coefficient (Wildman–Crippen LogP) is 0.826. The molecule has 8 heteroatoms. The third-order valence-electron chi connectivity index (χ3n) is 7.58. The Bertz CT molecular complexity index is 1470. The number of benzene rings is 6. The molecule has 0 aliphatic heterocycles. The fourth-order valence-corrected chi connectivity index (χ4v) is 17.4. The maximum absolute atomic E-state index is 14.8. The molecule has 0 heterocycles. The Balaban J connectivity index is 0.00000384. The van der Waals surface area contributed by atoms with Gasteiger partial charge in [0.15, 0.2) is 0 Å². The normalized spacial score (nSPS) is 11.8. The average molecular weight is 621 g/mol. The van der Waals surface area contributed by atoms with Crippen LogP contribution in [0.15, 0.2) is 182 Å². The topological polar surface area (TPSA) is 58.6 Å². The van der Waals surface area contributed by atoms with Gasteiger partial charge in [-0.05, 0) is 31.1 Å². The zero-order chi connectivity index (χ0) is 29.6. The molecule has 6 aromatic carbocycles. The van der Waals surface area contributed by atoms with E-state index in [0.717, 1.165) is 31.1 Å². The third-order valence-corrected chi connectivity index (χ3v) is 18.4. The van der Waals surface area contributed by atoms with Gasteiger partial charge in [0.05, 0.1) is 0 Å². The third kappa shape index (κ3) is 6.31. The second kappa shape index (κ2) is 14.0. The van der Waals surface area contributed by atoms with Gasteiger partial charge in [0.25, 0.3) is 16.6 Å². The quantitative estimate of drug-likeness (QED) is 0.129. The van der Waals surface area contributed by atoms with Gasteiger partial charge in [-0.3, -0.25) is 4.57 Å². The standard InChI is InChI=1S/C36H31O4PSi2.Li/c37-41(38,39-42(31-19-7-1-8-20-31,32-21-9-2-10-22-32)33-23-11-3-12-24-33)40-43(34-25-13-4-14-26-34,35-27-15-5-16-28-35)36-29-17-6-18-30-36;/h1-30H,(H,37,38);/q;+1/p-1. The number of phosphoric acid groups is 1. The molecular formula is C36H30LiO4PSi2. The summed E-state index contributed by atoms with van der Waals surface area (Å²) in [5.41, 5.74) is 0. The van der Waals surface area contributed by atoms with Crippen molar-refractivity contribution in [2.75, 3.05) is 0 Å². The zero-order valence-electron chi connectivity index (χ0n) is 24.4. The Morgan fingerprint density at radius 2 is 0.523 bits per heavy atom. The van der Waals surface area contributed by atoms with E-state index >= 15 is 0 Å². The molecule has 6 aromatic rings. The van der Waals surface area contributed by atoms with Gasteiger partial charge in [-0.25, -0.2) is 0 Å². The van der Waals surface area contributed by atoms with E-state index in [1.807, 2.05) is 182 Å². The van der Waals surface area contributed by atoms with Crippen molar-refractivity contribution in [3.05, 3.63) is 182 Å². The molecule has 6 rings (SSSR count). The fourth-order valence-electron chi connectivity index (χ4n) is 5.71. The van der Waals surface area contributed by atoms with E-state index in [1.54, 1.807) is 0 Å². The summed E-state index contributed by atoms with van der Waals surface area (Å²) in [6.45, 7) is 0. The zero-order valence-corrected chi connectivity index (χ0v) is 27.3. The summed E-state index contributed by atoms with van der Waals surface area (Å²) in [6.07, 6.45) is 0. The Hall–Kier alpha value is -3.54. The smallest absolute Gasteiger partial charge is 0.757 e. The molecule has 212 valence electrons. The van der Waals surface area contributed by atoms with Crippen LogP contribution in [-0.4, -0.2) is 16.6 Å². The van der Waals surface area contributed by atoms with Crippen LogP contribution in [0.4, 0.5) is 0 Å². The van der Waals surface area contributed by atoms with Crippen LogP contribution in [0.2, 0.25) is 0 Å². The van der Waals surface area contributed by atoms with Crippen LogP contribution in [0.3, 0.4) is 0 Å². The minimum atomic E-state index is -5.05. The fraction of sp³-hybridized carbons (Fsp3) is 0. The Morgan fingerprint density at radius 1 is 0.364 bits per heavy atom. The minimum absolute atomic E-state index is 0. The van der Waals surface area contributed by atoms with Gasteiger partial charge in [0.2, 0.25) is 7.82 Å². The summed E-state index contributed by atoms with van der Waals surface area (Å²) in [6, 6.07) is 57.9. The summed E-state index contributed by atoms with van der Waals surface area (Å²) < 4.78 is 28.1. The van der Waals surface area contributed by atoms with Crippen LogP contribution < -0.4 is 54.9 Å². The first-order valence-corrected chi connectivity index (χ1v) is 19.4. The van der Waals surface area contributed by atoms with Crippen LogP contribution >= 0.6 is 7.82 Å². The molecule has 0 unspecified atom stereocenters. The maximum atomic E-state index is 14.8. The first kappa shape index (κ1) is 31.9. The monoisotopic (exact) mass is 620 g/mol. The molecule has 0 spiro atoms. The second-order valence-electron chi connectivity index (χ2n) is 10.2. The van der Waals surface area contributed by atoms with Crippen molar-refractivity contribution in [2.24, 2.45) is 0 Å². The molecule has 0 bridgehead atoms. The van der Waals surface area contributed by atoms with Crippen LogP contribution in [0, 0.1) is 0 Å². The molecule has 44 heavy (non-hydrogen) atoms. The van der Waals surface area contributed by atoms with Gasteiger partial charge in [-0.1, -0.05) is 182 Å². The van der Waals surface area contributed by atoms with Gasteiger partial charge in [-0.2, -0.15) is 0 Å². The molecule has 0 aliphatic rings. The van der Waals surface area contributed by atoms with Crippen molar-refractivity contribution in [1.29, 1.82) is 0 Å². The van der Waals surface area contributed by atoms with Gasteiger partial charge >= 0.3 is 18.9 Å². The van der Waals surface area contributed by atoms with Gasteiger partial charge in [0, 0.05) is 0 Å². The van der Waals surface area contributed by atoms with E-state index in [4.69, 9.17) is 8.43 Å². The molecule has 0 aliphatic carbocycles. The summed E-state index contributed by atoms with van der Waals surface area (Å²) in [5, 5.41) is 4.82. The van der Waals surface area contributed by atoms with Crippen LogP contribution in [-0.2, 0) is 13.0 Å². The molecule has 4 nitrogen and oxygen atoms in total. The summed E-state index contributed by atoms with van der Waals surface area (Å²) in [7, 11) is -12.3. The largest absolute Gasteiger partial charge is 1.00 e. The number of hydrogen-bond acceptors (Lipinski definition) is 4. The van der Waals surface area contributed by atoms with Gasteiger partial charge in [-0.15, -0.1) is 0 Å². The minimum Gasteiger partial charge on any atom is -0.757 e. The SMILES string of the molecule is O=P([O-])(O[Si](c1ccccc1)(c1ccccc1)c1ccccc1)O[Si](c1ccccc1)(c1ccccc1)c1ccccc1.[Li+]. The van der Waals surface area contributed by atoms with Gasteiger partial charge in [0.1, 0.15) is 0 Å². The molecule has 0 amide bonds. The van der Waals surface area contributed by atoms with E-state index in [9.17, 15) is 9.46 Å². The van der Waals surface area contributed by atoms with Crippen LogP contribution in [0.1, 0.15) is 0 Å². The Morgan fingerprint density at radius 3 is 0.682 bits per heavy atom. The average Bonchev–Trinajstić information content (AvgIpc) is 3.08. The molecule has 0 N–H and O–H groups in total. The van der Waals surface area contributed by atoms with E-state index in [2.05, 4.69) is 0 Å². The van der Waals surface area contributed by atoms with Crippen molar-refractivity contribution in [3.8, 4) is 0 Å². The van der Waals surface area contributed by atoms with Gasteiger partial charge < -0.3 is 13.3 Å². The predicted molar refractivity (Wildman–Crippen MR) is 178 cm³/mol. The molecule has 0 radical (unpaired) electrons. The number of hydrogen-bond donors (Lipinski definition) is 0. The Labute approximate surface area is 273 Å². The first-order chi connectivity index (χ1) is 21.0. The second-order valence-corrected chi connectivity index (χ2v) is 18.7. The first-order valence-electron chi connectivity index (χ1n) is 14.1. The molecule has 0 atom stereocenters. The van der Waals surface area contributed by atoms with Crippen molar-refractivity contribution >= 4 is 55.6 Å². The molecule has 0 aromatic heterocycles.